The summed E-state index contributed by atoms with van der Waals surface area (Å²) in [6, 6.07) is 6.63. The lowest BCUT2D eigenvalue weighted by Gasteiger charge is -2.14. The van der Waals surface area contributed by atoms with E-state index >= 15 is 0 Å². The number of rotatable bonds is 4. The summed E-state index contributed by atoms with van der Waals surface area (Å²) in [7, 11) is 0. The Morgan fingerprint density at radius 3 is 2.68 bits per heavy atom. The number of aromatic hydroxyl groups is 1. The number of nitrogens with zero attached hydrogens (tertiary/aromatic N) is 2. The molecule has 0 unspecified atom stereocenters. The van der Waals surface area contributed by atoms with Crippen molar-refractivity contribution in [2.75, 3.05) is 13.1 Å². The van der Waals surface area contributed by atoms with Gasteiger partial charge in [0.15, 0.2) is 0 Å². The van der Waals surface area contributed by atoms with E-state index in [1.54, 1.807) is 35.2 Å². The van der Waals surface area contributed by atoms with Crippen LogP contribution in [0.5, 0.6) is 5.75 Å². The first-order valence-electron chi connectivity index (χ1n) is 6.20. The molecule has 3 N–H and O–H groups in total. The molecule has 100 valence electrons. The molecule has 0 aliphatic carbocycles. The average molecular weight is 259 g/mol. The third kappa shape index (κ3) is 3.00. The molecule has 5 heteroatoms. The van der Waals surface area contributed by atoms with Crippen molar-refractivity contribution >= 4 is 17.8 Å². The number of amides is 1. The zero-order valence-corrected chi connectivity index (χ0v) is 10.8. The van der Waals surface area contributed by atoms with Gasteiger partial charge in [-0.1, -0.05) is 12.1 Å². The smallest absolute Gasteiger partial charge is 0.277 e. The van der Waals surface area contributed by atoms with Gasteiger partial charge in [0.05, 0.1) is 0 Å². The van der Waals surface area contributed by atoms with Crippen LogP contribution in [0.1, 0.15) is 18.9 Å². The topological polar surface area (TPSA) is 78.9 Å². The number of amidine groups is 1. The van der Waals surface area contributed by atoms with Gasteiger partial charge >= 0.3 is 0 Å². The van der Waals surface area contributed by atoms with Crippen LogP contribution in [0.15, 0.2) is 35.0 Å². The number of hydrogen-bond acceptors (Lipinski definition) is 4. The summed E-state index contributed by atoms with van der Waals surface area (Å²) < 4.78 is 0. The molecular formula is C14H17N3O2. The first-order chi connectivity index (χ1) is 9.11. The fraction of sp³-hybridized carbons (Fsp3) is 0.286. The summed E-state index contributed by atoms with van der Waals surface area (Å²) in [6.45, 7) is 2.96. The minimum atomic E-state index is -0.0981. The Hall–Kier alpha value is -2.14. The van der Waals surface area contributed by atoms with Gasteiger partial charge in [-0.05, 0) is 43.7 Å². The Morgan fingerprint density at radius 1 is 1.37 bits per heavy atom. The van der Waals surface area contributed by atoms with Gasteiger partial charge in [0.1, 0.15) is 17.3 Å². The largest absolute Gasteiger partial charge is 0.508 e. The predicted molar refractivity (Wildman–Crippen MR) is 74.6 cm³/mol. The van der Waals surface area contributed by atoms with Crippen molar-refractivity contribution in [1.29, 1.82) is 0 Å². The normalized spacial score (nSPS) is 17.2. The quantitative estimate of drug-likeness (QED) is 0.801. The molecule has 2 rings (SSSR count). The number of carbonyl (C=O) groups is 1. The van der Waals surface area contributed by atoms with Crippen LogP contribution >= 0.6 is 0 Å². The van der Waals surface area contributed by atoms with Gasteiger partial charge in [-0.15, -0.1) is 0 Å². The van der Waals surface area contributed by atoms with Crippen LogP contribution in [0, 0.1) is 0 Å². The van der Waals surface area contributed by atoms with E-state index in [-0.39, 0.29) is 11.7 Å². The van der Waals surface area contributed by atoms with Crippen molar-refractivity contribution in [2.24, 2.45) is 10.7 Å². The molecule has 1 amide bonds. The molecule has 0 saturated heterocycles. The minimum absolute atomic E-state index is 0.0981. The van der Waals surface area contributed by atoms with Crippen molar-refractivity contribution in [3.63, 3.8) is 0 Å². The Balaban J connectivity index is 2.18. The Morgan fingerprint density at radius 2 is 2.05 bits per heavy atom. The van der Waals surface area contributed by atoms with Crippen LogP contribution in [0.2, 0.25) is 0 Å². The predicted octanol–water partition coefficient (Wildman–Crippen LogP) is 1.34. The van der Waals surface area contributed by atoms with Crippen molar-refractivity contribution in [3.05, 3.63) is 35.5 Å². The monoisotopic (exact) mass is 259 g/mol. The van der Waals surface area contributed by atoms with Gasteiger partial charge in [-0.2, -0.15) is 0 Å². The van der Waals surface area contributed by atoms with Crippen LogP contribution in [-0.4, -0.2) is 34.8 Å². The van der Waals surface area contributed by atoms with E-state index < -0.39 is 0 Å². The van der Waals surface area contributed by atoms with Crippen LogP contribution in [0.25, 0.3) is 6.08 Å². The molecule has 0 fully saturated rings. The molecule has 0 atom stereocenters. The lowest BCUT2D eigenvalue weighted by molar-refractivity contribution is -0.122. The Kier molecular flexibility index (Phi) is 3.97. The number of phenolic OH excluding ortho intramolecular Hbond substituents is 1. The first-order valence-corrected chi connectivity index (χ1v) is 6.20. The highest BCUT2D eigenvalue weighted by molar-refractivity contribution is 6.13. The maximum atomic E-state index is 12.1. The van der Waals surface area contributed by atoms with Crippen LogP contribution in [0.4, 0.5) is 0 Å². The summed E-state index contributed by atoms with van der Waals surface area (Å²) in [5, 5.41) is 9.22. The number of carbonyl (C=O) groups excluding carboxylic acids is 1. The van der Waals surface area contributed by atoms with E-state index in [2.05, 4.69) is 4.99 Å². The van der Waals surface area contributed by atoms with Crippen LogP contribution in [-0.2, 0) is 4.79 Å². The standard InChI is InChI=1S/C14H17N3O2/c1-10-16-13(14(19)17(10)8-2-7-15)9-11-3-5-12(18)6-4-11/h3-6,9,18H,2,7-8,15H2,1H3/b13-9+. The van der Waals surface area contributed by atoms with Crippen molar-refractivity contribution in [2.45, 2.75) is 13.3 Å². The SMILES string of the molecule is CC1=N/C(=C/c2ccc(O)cc2)C(=O)N1CCCN. The number of hydrogen-bond donors (Lipinski definition) is 2. The second kappa shape index (κ2) is 5.67. The van der Waals surface area contributed by atoms with Gasteiger partial charge in [0.2, 0.25) is 0 Å². The van der Waals surface area contributed by atoms with E-state index in [4.69, 9.17) is 5.73 Å². The number of phenols is 1. The van der Waals surface area contributed by atoms with E-state index in [0.29, 0.717) is 24.6 Å². The number of aliphatic imine (C=N–C) groups is 1. The first kappa shape index (κ1) is 13.3. The van der Waals surface area contributed by atoms with E-state index in [1.165, 1.54) is 0 Å². The van der Waals surface area contributed by atoms with Crippen LogP contribution in [0.3, 0.4) is 0 Å². The third-order valence-electron chi connectivity index (χ3n) is 2.92. The summed E-state index contributed by atoms with van der Waals surface area (Å²) >= 11 is 0. The minimum Gasteiger partial charge on any atom is -0.508 e. The molecule has 1 aromatic carbocycles. The molecule has 1 heterocycles. The highest BCUT2D eigenvalue weighted by Crippen LogP contribution is 2.19. The fourth-order valence-corrected chi connectivity index (χ4v) is 1.90. The summed E-state index contributed by atoms with van der Waals surface area (Å²) in [4.78, 5) is 18.1. The van der Waals surface area contributed by atoms with Gasteiger partial charge in [-0.25, -0.2) is 4.99 Å². The zero-order valence-electron chi connectivity index (χ0n) is 10.8. The molecule has 0 bridgehead atoms. The molecule has 0 spiro atoms. The highest BCUT2D eigenvalue weighted by Gasteiger charge is 2.26. The van der Waals surface area contributed by atoms with Crippen LogP contribution < -0.4 is 5.73 Å². The van der Waals surface area contributed by atoms with Gasteiger partial charge in [0, 0.05) is 6.54 Å². The van der Waals surface area contributed by atoms with Crippen molar-refractivity contribution < 1.29 is 9.90 Å². The number of nitrogens with two attached hydrogens (primary N) is 1. The lowest BCUT2D eigenvalue weighted by atomic mass is 10.2. The number of benzene rings is 1. The zero-order chi connectivity index (χ0) is 13.8. The molecular weight excluding hydrogens is 242 g/mol. The molecule has 5 nitrogen and oxygen atoms in total. The Bertz CT molecular complexity index is 532. The van der Waals surface area contributed by atoms with E-state index in [1.807, 2.05) is 6.92 Å². The van der Waals surface area contributed by atoms with Gasteiger partial charge in [0.25, 0.3) is 5.91 Å². The third-order valence-corrected chi connectivity index (χ3v) is 2.92. The molecule has 1 aliphatic rings. The molecule has 19 heavy (non-hydrogen) atoms. The lowest BCUT2D eigenvalue weighted by Crippen LogP contribution is -2.32. The average Bonchev–Trinajstić information content (AvgIpc) is 2.65. The van der Waals surface area contributed by atoms with Crippen molar-refractivity contribution in [1.82, 2.24) is 4.90 Å². The van der Waals surface area contributed by atoms with Gasteiger partial charge < -0.3 is 10.8 Å². The Labute approximate surface area is 112 Å². The van der Waals surface area contributed by atoms with E-state index in [9.17, 15) is 9.90 Å². The molecule has 0 radical (unpaired) electrons. The summed E-state index contributed by atoms with van der Waals surface area (Å²) in [6.07, 6.45) is 2.47. The summed E-state index contributed by atoms with van der Waals surface area (Å²) in [5.41, 5.74) is 6.70. The molecule has 1 aromatic rings. The summed E-state index contributed by atoms with van der Waals surface area (Å²) in [5.74, 6) is 0.798. The van der Waals surface area contributed by atoms with Crippen molar-refractivity contribution in [3.8, 4) is 5.75 Å². The maximum absolute atomic E-state index is 12.1. The molecule has 0 saturated carbocycles. The second-order valence-electron chi connectivity index (χ2n) is 4.38. The molecule has 1 aliphatic heterocycles. The highest BCUT2D eigenvalue weighted by atomic mass is 16.3. The molecule has 0 aromatic heterocycles. The second-order valence-corrected chi connectivity index (χ2v) is 4.38. The van der Waals surface area contributed by atoms with E-state index in [0.717, 1.165) is 12.0 Å². The fourth-order valence-electron chi connectivity index (χ4n) is 1.90. The van der Waals surface area contributed by atoms with Gasteiger partial charge in [-0.3, -0.25) is 9.69 Å². The maximum Gasteiger partial charge on any atom is 0.277 e.